The van der Waals surface area contributed by atoms with Crippen LogP contribution in [0.4, 0.5) is 4.39 Å². The molecule has 0 aliphatic heterocycles. The SMILES string of the molecule is CCc1ccc(OCC(=O)N(C)Cc2cc(Br)ccc2F)cc1. The van der Waals surface area contributed by atoms with E-state index in [-0.39, 0.29) is 24.9 Å². The number of aryl methyl sites for hydroxylation is 1. The standard InChI is InChI=1S/C18H19BrFNO2/c1-3-13-4-7-16(8-5-13)23-12-18(22)21(2)11-14-10-15(19)6-9-17(14)20/h4-10H,3,11-12H2,1-2H3. The molecule has 0 fully saturated rings. The van der Waals surface area contributed by atoms with Crippen LogP contribution in [0.25, 0.3) is 0 Å². The highest BCUT2D eigenvalue weighted by atomic mass is 79.9. The largest absolute Gasteiger partial charge is 0.484 e. The first kappa shape index (κ1) is 17.5. The summed E-state index contributed by atoms with van der Waals surface area (Å²) in [6.45, 7) is 2.20. The molecule has 0 N–H and O–H groups in total. The van der Waals surface area contributed by atoms with Crippen LogP contribution in [0.15, 0.2) is 46.9 Å². The zero-order valence-corrected chi connectivity index (χ0v) is 14.8. The number of amides is 1. The van der Waals surface area contributed by atoms with Gasteiger partial charge in [-0.2, -0.15) is 0 Å². The third kappa shape index (κ3) is 5.06. The van der Waals surface area contributed by atoms with E-state index in [4.69, 9.17) is 4.74 Å². The molecule has 122 valence electrons. The maximum atomic E-state index is 13.7. The van der Waals surface area contributed by atoms with Crippen LogP contribution in [-0.4, -0.2) is 24.5 Å². The second-order valence-corrected chi connectivity index (χ2v) is 6.19. The van der Waals surface area contributed by atoms with Crippen molar-refractivity contribution in [2.45, 2.75) is 19.9 Å². The number of benzene rings is 2. The van der Waals surface area contributed by atoms with E-state index in [0.29, 0.717) is 11.3 Å². The van der Waals surface area contributed by atoms with Gasteiger partial charge in [0, 0.05) is 23.6 Å². The Labute approximate surface area is 144 Å². The molecule has 2 aromatic rings. The molecule has 3 nitrogen and oxygen atoms in total. The lowest BCUT2D eigenvalue weighted by molar-refractivity contribution is -0.132. The van der Waals surface area contributed by atoms with E-state index >= 15 is 0 Å². The third-order valence-corrected chi connectivity index (χ3v) is 4.03. The van der Waals surface area contributed by atoms with E-state index in [1.165, 1.54) is 16.5 Å². The van der Waals surface area contributed by atoms with Crippen molar-refractivity contribution in [2.24, 2.45) is 0 Å². The van der Waals surface area contributed by atoms with Gasteiger partial charge < -0.3 is 9.64 Å². The third-order valence-electron chi connectivity index (χ3n) is 3.53. The van der Waals surface area contributed by atoms with Crippen LogP contribution in [-0.2, 0) is 17.8 Å². The molecule has 1 amide bonds. The molecule has 2 aromatic carbocycles. The number of carbonyl (C=O) groups excluding carboxylic acids is 1. The molecule has 0 heterocycles. The van der Waals surface area contributed by atoms with Crippen LogP contribution in [0.1, 0.15) is 18.1 Å². The van der Waals surface area contributed by atoms with Crippen LogP contribution < -0.4 is 4.74 Å². The van der Waals surface area contributed by atoms with Crippen molar-refractivity contribution in [3.63, 3.8) is 0 Å². The molecule has 0 saturated heterocycles. The maximum Gasteiger partial charge on any atom is 0.260 e. The summed E-state index contributed by atoms with van der Waals surface area (Å²) in [6.07, 6.45) is 0.958. The van der Waals surface area contributed by atoms with Crippen molar-refractivity contribution in [2.75, 3.05) is 13.7 Å². The molecule has 0 unspecified atom stereocenters. The smallest absolute Gasteiger partial charge is 0.260 e. The van der Waals surface area contributed by atoms with Crippen molar-refractivity contribution >= 4 is 21.8 Å². The van der Waals surface area contributed by atoms with E-state index < -0.39 is 0 Å². The number of hydrogen-bond acceptors (Lipinski definition) is 2. The molecule has 5 heteroatoms. The van der Waals surface area contributed by atoms with Gasteiger partial charge in [-0.3, -0.25) is 4.79 Å². The molecule has 0 bridgehead atoms. The number of hydrogen-bond donors (Lipinski definition) is 0. The van der Waals surface area contributed by atoms with Gasteiger partial charge in [-0.25, -0.2) is 4.39 Å². The Morgan fingerprint density at radius 3 is 2.57 bits per heavy atom. The van der Waals surface area contributed by atoms with E-state index in [1.807, 2.05) is 24.3 Å². The monoisotopic (exact) mass is 379 g/mol. The lowest BCUT2D eigenvalue weighted by Gasteiger charge is -2.18. The lowest BCUT2D eigenvalue weighted by Crippen LogP contribution is -2.31. The molecule has 0 atom stereocenters. The van der Waals surface area contributed by atoms with Gasteiger partial charge in [-0.1, -0.05) is 35.0 Å². The fourth-order valence-corrected chi connectivity index (χ4v) is 2.49. The highest BCUT2D eigenvalue weighted by Crippen LogP contribution is 2.17. The Morgan fingerprint density at radius 2 is 1.91 bits per heavy atom. The number of rotatable bonds is 6. The number of likely N-dealkylation sites (N-methyl/N-ethyl adjacent to an activating group) is 1. The quantitative estimate of drug-likeness (QED) is 0.752. The van der Waals surface area contributed by atoms with Crippen molar-refractivity contribution in [1.29, 1.82) is 0 Å². The van der Waals surface area contributed by atoms with Crippen LogP contribution >= 0.6 is 15.9 Å². The summed E-state index contributed by atoms with van der Waals surface area (Å²) in [4.78, 5) is 13.6. The lowest BCUT2D eigenvalue weighted by atomic mass is 10.2. The van der Waals surface area contributed by atoms with Gasteiger partial charge in [-0.05, 0) is 42.3 Å². The van der Waals surface area contributed by atoms with Crippen LogP contribution in [0, 0.1) is 5.82 Å². The Bertz CT molecular complexity index is 673. The fourth-order valence-electron chi connectivity index (χ4n) is 2.08. The van der Waals surface area contributed by atoms with Gasteiger partial charge in [0.05, 0.1) is 0 Å². The zero-order chi connectivity index (χ0) is 16.8. The average Bonchev–Trinajstić information content (AvgIpc) is 2.56. The Morgan fingerprint density at radius 1 is 1.22 bits per heavy atom. The average molecular weight is 380 g/mol. The Kier molecular flexibility index (Phi) is 6.16. The summed E-state index contributed by atoms with van der Waals surface area (Å²) >= 11 is 3.30. The molecule has 0 aromatic heterocycles. The van der Waals surface area contributed by atoms with Gasteiger partial charge in [0.1, 0.15) is 11.6 Å². The van der Waals surface area contributed by atoms with E-state index in [9.17, 15) is 9.18 Å². The summed E-state index contributed by atoms with van der Waals surface area (Å²) in [5.41, 5.74) is 1.67. The number of ether oxygens (including phenoxy) is 1. The summed E-state index contributed by atoms with van der Waals surface area (Å²) in [7, 11) is 1.63. The molecule has 0 radical (unpaired) electrons. The van der Waals surface area contributed by atoms with Crippen molar-refractivity contribution in [1.82, 2.24) is 4.90 Å². The molecular formula is C18H19BrFNO2. The molecule has 0 spiro atoms. The summed E-state index contributed by atoms with van der Waals surface area (Å²) in [6, 6.07) is 12.3. The second kappa shape index (κ2) is 8.11. The summed E-state index contributed by atoms with van der Waals surface area (Å²) in [5, 5.41) is 0. The first-order chi connectivity index (χ1) is 11.0. The zero-order valence-electron chi connectivity index (χ0n) is 13.2. The Balaban J connectivity index is 1.90. The minimum absolute atomic E-state index is 0.0718. The van der Waals surface area contributed by atoms with Gasteiger partial charge in [0.15, 0.2) is 6.61 Å². The summed E-state index contributed by atoms with van der Waals surface area (Å²) in [5.74, 6) is 0.116. The van der Waals surface area contributed by atoms with Gasteiger partial charge in [-0.15, -0.1) is 0 Å². The number of nitrogens with zero attached hydrogens (tertiary/aromatic N) is 1. The molecule has 0 aliphatic carbocycles. The van der Waals surface area contributed by atoms with Crippen molar-refractivity contribution in [3.8, 4) is 5.75 Å². The highest BCUT2D eigenvalue weighted by molar-refractivity contribution is 9.10. The predicted molar refractivity (Wildman–Crippen MR) is 91.9 cm³/mol. The molecule has 23 heavy (non-hydrogen) atoms. The minimum Gasteiger partial charge on any atom is -0.484 e. The first-order valence-corrected chi connectivity index (χ1v) is 8.18. The predicted octanol–water partition coefficient (Wildman–Crippen LogP) is 4.19. The first-order valence-electron chi connectivity index (χ1n) is 7.39. The number of carbonyl (C=O) groups is 1. The van der Waals surface area contributed by atoms with Crippen molar-refractivity contribution < 1.29 is 13.9 Å². The maximum absolute atomic E-state index is 13.7. The minimum atomic E-state index is -0.330. The molecule has 0 aliphatic rings. The van der Waals surface area contributed by atoms with E-state index in [1.54, 1.807) is 19.2 Å². The van der Waals surface area contributed by atoms with E-state index in [2.05, 4.69) is 22.9 Å². The normalized spacial score (nSPS) is 10.4. The highest BCUT2D eigenvalue weighted by Gasteiger charge is 2.13. The molecule has 0 saturated carbocycles. The number of halogens is 2. The van der Waals surface area contributed by atoms with Crippen LogP contribution in [0.2, 0.25) is 0 Å². The fraction of sp³-hybridized carbons (Fsp3) is 0.278. The summed E-state index contributed by atoms with van der Waals surface area (Å²) < 4.78 is 20.0. The van der Waals surface area contributed by atoms with Gasteiger partial charge >= 0.3 is 0 Å². The van der Waals surface area contributed by atoms with Crippen molar-refractivity contribution in [3.05, 3.63) is 63.9 Å². The van der Waals surface area contributed by atoms with Gasteiger partial charge in [0.25, 0.3) is 5.91 Å². The van der Waals surface area contributed by atoms with Crippen LogP contribution in [0.5, 0.6) is 5.75 Å². The topological polar surface area (TPSA) is 29.5 Å². The van der Waals surface area contributed by atoms with Gasteiger partial charge in [0.2, 0.25) is 0 Å². The molecular weight excluding hydrogens is 361 g/mol. The second-order valence-electron chi connectivity index (χ2n) is 5.27. The molecule has 2 rings (SSSR count). The van der Waals surface area contributed by atoms with Crippen LogP contribution in [0.3, 0.4) is 0 Å². The Hall–Kier alpha value is -1.88. The van der Waals surface area contributed by atoms with E-state index in [0.717, 1.165) is 10.9 Å².